The van der Waals surface area contributed by atoms with E-state index in [0.717, 1.165) is 6.07 Å². The first-order valence-electron chi connectivity index (χ1n) is 4.74. The number of nitriles is 1. The Hall–Kier alpha value is -2.16. The largest absolute Gasteiger partial charge is 0.478 e. The highest BCUT2D eigenvalue weighted by Gasteiger charge is 2.16. The van der Waals surface area contributed by atoms with Crippen LogP contribution in [-0.2, 0) is 6.42 Å². The number of nitrogens with zero attached hydrogens (tertiary/aromatic N) is 1. The molecule has 0 heterocycles. The minimum atomic E-state index is -3.01. The van der Waals surface area contributed by atoms with Gasteiger partial charge >= 0.3 is 12.6 Å². The number of carboxylic acid groups (broad SMARTS) is 1. The lowest BCUT2D eigenvalue weighted by atomic mass is 10.0. The number of aromatic carboxylic acids is 1. The Labute approximate surface area is 96.0 Å². The van der Waals surface area contributed by atoms with Gasteiger partial charge in [0.2, 0.25) is 0 Å². The highest BCUT2D eigenvalue weighted by Crippen LogP contribution is 2.25. The van der Waals surface area contributed by atoms with Crippen molar-refractivity contribution in [3.8, 4) is 11.8 Å². The molecule has 1 aromatic rings. The Morgan fingerprint density at radius 3 is 2.65 bits per heavy atom. The van der Waals surface area contributed by atoms with Gasteiger partial charge < -0.3 is 9.84 Å². The van der Waals surface area contributed by atoms with Crippen LogP contribution >= 0.6 is 0 Å². The fourth-order valence-corrected chi connectivity index (χ4v) is 1.38. The van der Waals surface area contributed by atoms with E-state index in [1.165, 1.54) is 6.07 Å². The summed E-state index contributed by atoms with van der Waals surface area (Å²) in [4.78, 5) is 10.8. The van der Waals surface area contributed by atoms with Gasteiger partial charge in [-0.2, -0.15) is 14.0 Å². The summed E-state index contributed by atoms with van der Waals surface area (Å²) in [7, 11) is 0. The standard InChI is InChI=1S/C11H9F2NO3/c1-2-6-3-8(10(15)16)7(5-14)4-9(6)17-11(12)13/h3-4,11H,2H2,1H3,(H,15,16). The van der Waals surface area contributed by atoms with Gasteiger partial charge in [0.05, 0.1) is 11.1 Å². The van der Waals surface area contributed by atoms with E-state index in [1.807, 2.05) is 0 Å². The van der Waals surface area contributed by atoms with Crippen LogP contribution in [0, 0.1) is 11.3 Å². The average Bonchev–Trinajstić information content (AvgIpc) is 2.27. The van der Waals surface area contributed by atoms with Crippen LogP contribution < -0.4 is 4.74 Å². The number of hydrogen-bond acceptors (Lipinski definition) is 3. The summed E-state index contributed by atoms with van der Waals surface area (Å²) in [6.45, 7) is -1.34. The van der Waals surface area contributed by atoms with E-state index in [4.69, 9.17) is 10.4 Å². The van der Waals surface area contributed by atoms with Crippen molar-refractivity contribution >= 4 is 5.97 Å². The minimum Gasteiger partial charge on any atom is -0.478 e. The molecular weight excluding hydrogens is 232 g/mol. The summed E-state index contributed by atoms with van der Waals surface area (Å²) in [5.74, 6) is -1.44. The Balaban J connectivity index is 3.34. The molecule has 1 N–H and O–H groups in total. The first-order valence-corrected chi connectivity index (χ1v) is 4.74. The zero-order valence-corrected chi connectivity index (χ0v) is 8.91. The number of rotatable bonds is 4. The molecule has 0 saturated heterocycles. The summed E-state index contributed by atoms with van der Waals surface area (Å²) < 4.78 is 28.5. The number of benzene rings is 1. The molecule has 0 bridgehead atoms. The van der Waals surface area contributed by atoms with Crippen molar-refractivity contribution < 1.29 is 23.4 Å². The van der Waals surface area contributed by atoms with Crippen molar-refractivity contribution in [3.05, 3.63) is 28.8 Å². The van der Waals surface area contributed by atoms with Gasteiger partial charge in [-0.15, -0.1) is 0 Å². The third-order valence-electron chi connectivity index (χ3n) is 2.15. The predicted molar refractivity (Wildman–Crippen MR) is 54.1 cm³/mol. The maximum Gasteiger partial charge on any atom is 0.387 e. The zero-order valence-electron chi connectivity index (χ0n) is 8.91. The SMILES string of the molecule is CCc1cc(C(=O)O)c(C#N)cc1OC(F)F. The molecule has 17 heavy (non-hydrogen) atoms. The molecule has 90 valence electrons. The summed E-state index contributed by atoms with van der Waals surface area (Å²) in [6.07, 6.45) is 0.327. The molecule has 0 aliphatic heterocycles. The normalized spacial score (nSPS) is 10.1. The summed E-state index contributed by atoms with van der Waals surface area (Å²) >= 11 is 0. The average molecular weight is 241 g/mol. The van der Waals surface area contributed by atoms with Gasteiger partial charge in [-0.05, 0) is 24.1 Å². The van der Waals surface area contributed by atoms with Crippen molar-refractivity contribution in [3.63, 3.8) is 0 Å². The lowest BCUT2D eigenvalue weighted by Gasteiger charge is -2.11. The van der Waals surface area contributed by atoms with Crippen LogP contribution in [0.4, 0.5) is 8.78 Å². The molecular formula is C11H9F2NO3. The molecule has 0 spiro atoms. The fourth-order valence-electron chi connectivity index (χ4n) is 1.38. The van der Waals surface area contributed by atoms with Crippen LogP contribution in [0.25, 0.3) is 0 Å². The van der Waals surface area contributed by atoms with Crippen LogP contribution in [0.2, 0.25) is 0 Å². The lowest BCUT2D eigenvalue weighted by Crippen LogP contribution is -2.08. The second-order valence-electron chi connectivity index (χ2n) is 3.15. The highest BCUT2D eigenvalue weighted by atomic mass is 19.3. The molecule has 1 aromatic carbocycles. The maximum absolute atomic E-state index is 12.1. The van der Waals surface area contributed by atoms with E-state index in [0.29, 0.717) is 12.0 Å². The van der Waals surface area contributed by atoms with E-state index in [1.54, 1.807) is 13.0 Å². The third kappa shape index (κ3) is 2.91. The Bertz CT molecular complexity index is 480. The van der Waals surface area contributed by atoms with Gasteiger partial charge in [0.15, 0.2) is 0 Å². The number of carboxylic acids is 1. The second kappa shape index (κ2) is 5.25. The quantitative estimate of drug-likeness (QED) is 0.878. The van der Waals surface area contributed by atoms with Crippen LogP contribution in [0.1, 0.15) is 28.4 Å². The summed E-state index contributed by atoms with van der Waals surface area (Å²) in [5, 5.41) is 17.6. The third-order valence-corrected chi connectivity index (χ3v) is 2.15. The van der Waals surface area contributed by atoms with Crippen molar-refractivity contribution in [1.82, 2.24) is 0 Å². The molecule has 0 fully saturated rings. The van der Waals surface area contributed by atoms with E-state index < -0.39 is 12.6 Å². The minimum absolute atomic E-state index is 0.163. The Morgan fingerprint density at radius 2 is 2.24 bits per heavy atom. The molecule has 4 nitrogen and oxygen atoms in total. The van der Waals surface area contributed by atoms with E-state index >= 15 is 0 Å². The van der Waals surface area contributed by atoms with Crippen LogP contribution in [0.5, 0.6) is 5.75 Å². The zero-order chi connectivity index (χ0) is 13.0. The van der Waals surface area contributed by atoms with Gasteiger partial charge in [0.1, 0.15) is 11.8 Å². The summed E-state index contributed by atoms with van der Waals surface area (Å²) in [6, 6.07) is 3.84. The topological polar surface area (TPSA) is 70.3 Å². The molecule has 0 amide bonds. The highest BCUT2D eigenvalue weighted by molar-refractivity contribution is 5.91. The van der Waals surface area contributed by atoms with Crippen molar-refractivity contribution in [2.75, 3.05) is 0 Å². The van der Waals surface area contributed by atoms with E-state index in [9.17, 15) is 13.6 Å². The van der Waals surface area contributed by atoms with Gasteiger partial charge in [-0.1, -0.05) is 6.92 Å². The van der Waals surface area contributed by atoms with Crippen LogP contribution in [-0.4, -0.2) is 17.7 Å². The molecule has 0 saturated carbocycles. The molecule has 0 atom stereocenters. The Kier molecular flexibility index (Phi) is 3.99. The van der Waals surface area contributed by atoms with Gasteiger partial charge in [-0.3, -0.25) is 0 Å². The van der Waals surface area contributed by atoms with Crippen molar-refractivity contribution in [2.45, 2.75) is 20.0 Å². The smallest absolute Gasteiger partial charge is 0.387 e. The first-order chi connectivity index (χ1) is 7.99. The molecule has 6 heteroatoms. The van der Waals surface area contributed by atoms with Gasteiger partial charge in [-0.25, -0.2) is 4.79 Å². The van der Waals surface area contributed by atoms with E-state index in [-0.39, 0.29) is 16.9 Å². The maximum atomic E-state index is 12.1. The Morgan fingerprint density at radius 1 is 1.59 bits per heavy atom. The van der Waals surface area contributed by atoms with Crippen molar-refractivity contribution in [1.29, 1.82) is 5.26 Å². The van der Waals surface area contributed by atoms with Gasteiger partial charge in [0, 0.05) is 0 Å². The first kappa shape index (κ1) is 12.9. The number of aryl methyl sites for hydroxylation is 1. The second-order valence-corrected chi connectivity index (χ2v) is 3.15. The fraction of sp³-hybridized carbons (Fsp3) is 0.273. The number of halogens is 2. The molecule has 0 aliphatic carbocycles. The molecule has 0 aliphatic rings. The van der Waals surface area contributed by atoms with Crippen LogP contribution in [0.3, 0.4) is 0 Å². The lowest BCUT2D eigenvalue weighted by molar-refractivity contribution is -0.0504. The monoisotopic (exact) mass is 241 g/mol. The molecule has 0 aromatic heterocycles. The molecule has 1 rings (SSSR count). The van der Waals surface area contributed by atoms with Gasteiger partial charge in [0.25, 0.3) is 0 Å². The van der Waals surface area contributed by atoms with E-state index in [2.05, 4.69) is 4.74 Å². The molecule has 0 radical (unpaired) electrons. The predicted octanol–water partition coefficient (Wildman–Crippen LogP) is 2.42. The number of carbonyl (C=O) groups is 1. The van der Waals surface area contributed by atoms with Crippen LogP contribution in [0.15, 0.2) is 12.1 Å². The molecule has 0 unspecified atom stereocenters. The van der Waals surface area contributed by atoms with Crippen molar-refractivity contribution in [2.24, 2.45) is 0 Å². The number of hydrogen-bond donors (Lipinski definition) is 1. The number of alkyl halides is 2. The number of ether oxygens (including phenoxy) is 1. The summed E-state index contributed by atoms with van der Waals surface area (Å²) in [5.41, 5.74) is -0.0991.